The van der Waals surface area contributed by atoms with E-state index in [2.05, 4.69) is 10.8 Å². The number of esters is 1. The molecule has 0 radical (unpaired) electrons. The van der Waals surface area contributed by atoms with E-state index < -0.39 is 12.1 Å². The van der Waals surface area contributed by atoms with Gasteiger partial charge in [-0.3, -0.25) is 4.90 Å². The molecule has 3 heterocycles. The number of piperidine rings is 3. The van der Waals surface area contributed by atoms with E-state index in [1.165, 1.54) is 0 Å². The van der Waals surface area contributed by atoms with Crippen molar-refractivity contribution in [2.45, 2.75) is 31.5 Å². The fourth-order valence-electron chi connectivity index (χ4n) is 3.46. The summed E-state index contributed by atoms with van der Waals surface area (Å²) in [6, 6.07) is 7.21. The van der Waals surface area contributed by atoms with Gasteiger partial charge in [-0.2, -0.15) is 0 Å². The van der Waals surface area contributed by atoms with Gasteiger partial charge in [0, 0.05) is 13.0 Å². The van der Waals surface area contributed by atoms with Gasteiger partial charge >= 0.3 is 5.97 Å². The molecular weight excluding hydrogens is 278 g/mol. The number of rotatable bonds is 4. The minimum absolute atomic E-state index is 0.0931. The van der Waals surface area contributed by atoms with Crippen molar-refractivity contribution in [3.63, 3.8) is 0 Å². The summed E-state index contributed by atoms with van der Waals surface area (Å²) in [6.07, 6.45) is 6.52. The van der Waals surface area contributed by atoms with E-state index in [0.29, 0.717) is 17.9 Å². The minimum atomic E-state index is -1.26. The molecule has 3 saturated heterocycles. The highest BCUT2D eigenvalue weighted by atomic mass is 16.6. The molecule has 0 amide bonds. The molecule has 4 nitrogen and oxygen atoms in total. The molecule has 0 saturated carbocycles. The minimum Gasteiger partial charge on any atom is -0.459 e. The highest BCUT2D eigenvalue weighted by Gasteiger charge is 2.37. The summed E-state index contributed by atoms with van der Waals surface area (Å²) in [6.45, 7) is 2.97. The van der Waals surface area contributed by atoms with Gasteiger partial charge in [0.1, 0.15) is 6.10 Å². The van der Waals surface area contributed by atoms with Crippen molar-refractivity contribution in [2.24, 2.45) is 5.92 Å². The van der Waals surface area contributed by atoms with Crippen LogP contribution in [0.2, 0.25) is 0 Å². The highest BCUT2D eigenvalue weighted by molar-refractivity contribution is 5.77. The van der Waals surface area contributed by atoms with E-state index in [9.17, 15) is 9.90 Å². The van der Waals surface area contributed by atoms with Gasteiger partial charge in [0.05, 0.1) is 0 Å². The third kappa shape index (κ3) is 3.01. The van der Waals surface area contributed by atoms with E-state index in [-0.39, 0.29) is 6.10 Å². The first kappa shape index (κ1) is 15.1. The summed E-state index contributed by atoms with van der Waals surface area (Å²) in [5, 5.41) is 10.3. The number of hydrogen-bond acceptors (Lipinski definition) is 4. The number of terminal acetylenes is 1. The standard InChI is InChI=1S/C18H21NO3/c1-2-5-13-6-3-4-7-15(13)17(20)18(21)22-16-12-19-10-8-14(16)9-11-19/h1,3-4,6-7,14,16-17,20H,5,8-12H2. The Morgan fingerprint density at radius 2 is 2.14 bits per heavy atom. The van der Waals surface area contributed by atoms with Crippen LogP contribution in [-0.4, -0.2) is 41.7 Å². The average Bonchev–Trinajstić information content (AvgIpc) is 2.56. The maximum Gasteiger partial charge on any atom is 0.339 e. The molecule has 0 aliphatic carbocycles. The number of aliphatic hydroxyl groups is 1. The Hall–Kier alpha value is -1.83. The molecule has 116 valence electrons. The molecule has 4 rings (SSSR count). The number of benzene rings is 1. The lowest BCUT2D eigenvalue weighted by Crippen LogP contribution is -2.52. The zero-order chi connectivity index (χ0) is 15.5. The summed E-state index contributed by atoms with van der Waals surface area (Å²) < 4.78 is 5.59. The molecule has 4 heteroatoms. The van der Waals surface area contributed by atoms with Gasteiger partial charge in [-0.25, -0.2) is 4.79 Å². The Labute approximate surface area is 131 Å². The highest BCUT2D eigenvalue weighted by Crippen LogP contribution is 2.31. The maximum absolute atomic E-state index is 12.3. The van der Waals surface area contributed by atoms with Crippen molar-refractivity contribution >= 4 is 5.97 Å². The molecule has 1 aromatic rings. The van der Waals surface area contributed by atoms with Crippen LogP contribution in [-0.2, 0) is 16.0 Å². The molecule has 3 fully saturated rings. The summed E-state index contributed by atoms with van der Waals surface area (Å²) in [7, 11) is 0. The molecule has 3 aliphatic heterocycles. The fraction of sp³-hybridized carbons (Fsp3) is 0.500. The molecule has 0 spiro atoms. The quantitative estimate of drug-likeness (QED) is 0.677. The number of ether oxygens (including phenoxy) is 1. The van der Waals surface area contributed by atoms with Crippen LogP contribution in [0.3, 0.4) is 0 Å². The van der Waals surface area contributed by atoms with E-state index in [1.807, 2.05) is 12.1 Å². The summed E-state index contributed by atoms with van der Waals surface area (Å²) in [5.74, 6) is 2.42. The van der Waals surface area contributed by atoms with Gasteiger partial charge in [0.15, 0.2) is 6.10 Å². The van der Waals surface area contributed by atoms with Gasteiger partial charge in [-0.05, 0) is 43.0 Å². The zero-order valence-corrected chi connectivity index (χ0v) is 12.6. The molecule has 0 aromatic heterocycles. The first-order chi connectivity index (χ1) is 10.7. The largest absolute Gasteiger partial charge is 0.459 e. The van der Waals surface area contributed by atoms with Gasteiger partial charge in [-0.1, -0.05) is 24.3 Å². The van der Waals surface area contributed by atoms with E-state index in [0.717, 1.165) is 38.0 Å². The van der Waals surface area contributed by atoms with Crippen molar-refractivity contribution in [1.82, 2.24) is 4.90 Å². The Balaban J connectivity index is 1.69. The molecular formula is C18H21NO3. The Morgan fingerprint density at radius 3 is 2.77 bits per heavy atom. The monoisotopic (exact) mass is 299 g/mol. The zero-order valence-electron chi connectivity index (χ0n) is 12.6. The van der Waals surface area contributed by atoms with E-state index >= 15 is 0 Å². The Morgan fingerprint density at radius 1 is 1.41 bits per heavy atom. The van der Waals surface area contributed by atoms with Crippen molar-refractivity contribution in [3.8, 4) is 12.3 Å². The number of aliphatic hydroxyl groups excluding tert-OH is 1. The van der Waals surface area contributed by atoms with Gasteiger partial charge in [0.2, 0.25) is 0 Å². The molecule has 1 aromatic carbocycles. The smallest absolute Gasteiger partial charge is 0.339 e. The number of fused-ring (bicyclic) bond motifs is 3. The second-order valence-electron chi connectivity index (χ2n) is 6.10. The van der Waals surface area contributed by atoms with Crippen molar-refractivity contribution in [2.75, 3.05) is 19.6 Å². The van der Waals surface area contributed by atoms with Crippen LogP contribution >= 0.6 is 0 Å². The Kier molecular flexibility index (Phi) is 4.47. The lowest BCUT2D eigenvalue weighted by atomic mass is 9.86. The van der Waals surface area contributed by atoms with Crippen molar-refractivity contribution in [1.29, 1.82) is 0 Å². The van der Waals surface area contributed by atoms with Crippen molar-refractivity contribution < 1.29 is 14.6 Å². The van der Waals surface area contributed by atoms with Crippen molar-refractivity contribution in [3.05, 3.63) is 35.4 Å². The lowest BCUT2D eigenvalue weighted by molar-refractivity contribution is -0.169. The predicted molar refractivity (Wildman–Crippen MR) is 83.0 cm³/mol. The Bertz CT molecular complexity index is 584. The molecule has 2 bridgehead atoms. The normalized spacial score (nSPS) is 27.9. The molecule has 2 unspecified atom stereocenters. The number of carbonyl (C=O) groups is 1. The predicted octanol–water partition coefficient (Wildman–Crippen LogP) is 1.53. The molecule has 1 N–H and O–H groups in total. The molecule has 22 heavy (non-hydrogen) atoms. The molecule has 2 atom stereocenters. The van der Waals surface area contributed by atoms with Crippen LogP contribution in [0.15, 0.2) is 24.3 Å². The van der Waals surface area contributed by atoms with Crippen LogP contribution in [0.1, 0.15) is 30.1 Å². The van der Waals surface area contributed by atoms with Gasteiger partial charge in [-0.15, -0.1) is 12.3 Å². The first-order valence-electron chi connectivity index (χ1n) is 7.81. The molecule has 3 aliphatic rings. The first-order valence-corrected chi connectivity index (χ1v) is 7.81. The van der Waals surface area contributed by atoms with Gasteiger partial charge < -0.3 is 9.84 Å². The second kappa shape index (κ2) is 6.51. The van der Waals surface area contributed by atoms with Crippen LogP contribution in [0.4, 0.5) is 0 Å². The van der Waals surface area contributed by atoms with Crippen LogP contribution < -0.4 is 0 Å². The van der Waals surface area contributed by atoms with Crippen LogP contribution in [0.25, 0.3) is 0 Å². The summed E-state index contributed by atoms with van der Waals surface area (Å²) in [5.41, 5.74) is 1.34. The van der Waals surface area contributed by atoms with E-state index in [1.54, 1.807) is 12.1 Å². The summed E-state index contributed by atoms with van der Waals surface area (Å²) in [4.78, 5) is 14.6. The second-order valence-corrected chi connectivity index (χ2v) is 6.10. The third-order valence-electron chi connectivity index (χ3n) is 4.73. The van der Waals surface area contributed by atoms with Gasteiger partial charge in [0.25, 0.3) is 0 Å². The number of hydrogen-bond donors (Lipinski definition) is 1. The summed E-state index contributed by atoms with van der Waals surface area (Å²) >= 11 is 0. The van der Waals surface area contributed by atoms with Crippen LogP contribution in [0, 0.1) is 18.3 Å². The number of carbonyl (C=O) groups excluding carboxylic acids is 1. The SMILES string of the molecule is C#CCc1ccccc1C(O)C(=O)OC1CN2CCC1CC2. The lowest BCUT2D eigenvalue weighted by Gasteiger charge is -2.44. The van der Waals surface area contributed by atoms with E-state index in [4.69, 9.17) is 11.2 Å². The third-order valence-corrected chi connectivity index (χ3v) is 4.73. The van der Waals surface area contributed by atoms with Crippen LogP contribution in [0.5, 0.6) is 0 Å². The number of nitrogens with zero attached hydrogens (tertiary/aromatic N) is 1. The fourth-order valence-corrected chi connectivity index (χ4v) is 3.46. The maximum atomic E-state index is 12.3. The average molecular weight is 299 g/mol. The topological polar surface area (TPSA) is 49.8 Å².